The SMILES string of the molecule is CCCC(NC(=O)C1(CC)CCNCC1)C(=O)O. The molecular formula is C13H24N2O3. The molecule has 1 aliphatic rings. The molecular weight excluding hydrogens is 232 g/mol. The van der Waals surface area contributed by atoms with E-state index < -0.39 is 12.0 Å². The molecule has 0 saturated carbocycles. The molecule has 0 aromatic carbocycles. The van der Waals surface area contributed by atoms with Gasteiger partial charge in [0.15, 0.2) is 0 Å². The predicted molar refractivity (Wildman–Crippen MR) is 69.3 cm³/mol. The molecule has 0 bridgehead atoms. The summed E-state index contributed by atoms with van der Waals surface area (Å²) in [5.74, 6) is -1.03. The highest BCUT2D eigenvalue weighted by Crippen LogP contribution is 2.32. The van der Waals surface area contributed by atoms with E-state index >= 15 is 0 Å². The third-order valence-electron chi connectivity index (χ3n) is 3.90. The number of piperidine rings is 1. The van der Waals surface area contributed by atoms with Gasteiger partial charge in [-0.05, 0) is 38.8 Å². The first-order valence-electron chi connectivity index (χ1n) is 6.80. The van der Waals surface area contributed by atoms with Crippen LogP contribution in [0.3, 0.4) is 0 Å². The van der Waals surface area contributed by atoms with Gasteiger partial charge < -0.3 is 15.7 Å². The first-order valence-corrected chi connectivity index (χ1v) is 6.80. The minimum Gasteiger partial charge on any atom is -0.480 e. The summed E-state index contributed by atoms with van der Waals surface area (Å²) in [6.45, 7) is 5.57. The normalized spacial score (nSPS) is 20.1. The van der Waals surface area contributed by atoms with Crippen LogP contribution in [0, 0.1) is 5.41 Å². The van der Waals surface area contributed by atoms with E-state index in [0.717, 1.165) is 38.8 Å². The number of carboxylic acid groups (broad SMARTS) is 1. The second kappa shape index (κ2) is 6.73. The van der Waals surface area contributed by atoms with Gasteiger partial charge in [-0.1, -0.05) is 20.3 Å². The maximum absolute atomic E-state index is 12.3. The lowest BCUT2D eigenvalue weighted by Gasteiger charge is -2.36. The molecule has 1 aliphatic heterocycles. The Morgan fingerprint density at radius 1 is 1.33 bits per heavy atom. The Morgan fingerprint density at radius 2 is 1.94 bits per heavy atom. The van der Waals surface area contributed by atoms with Crippen LogP contribution in [0.4, 0.5) is 0 Å². The summed E-state index contributed by atoms with van der Waals surface area (Å²) in [5.41, 5.74) is -0.382. The van der Waals surface area contributed by atoms with Gasteiger partial charge in [0.25, 0.3) is 0 Å². The van der Waals surface area contributed by atoms with Crippen molar-refractivity contribution in [3.8, 4) is 0 Å². The van der Waals surface area contributed by atoms with Gasteiger partial charge in [-0.25, -0.2) is 4.79 Å². The molecule has 0 aromatic heterocycles. The Bertz CT molecular complexity index is 299. The van der Waals surface area contributed by atoms with E-state index in [1.54, 1.807) is 0 Å². The van der Waals surface area contributed by atoms with Gasteiger partial charge in [0.1, 0.15) is 6.04 Å². The number of aliphatic carboxylic acids is 1. The first kappa shape index (κ1) is 15.0. The van der Waals surface area contributed by atoms with Crippen LogP contribution in [-0.4, -0.2) is 36.1 Å². The third kappa shape index (κ3) is 3.45. The predicted octanol–water partition coefficient (Wildman–Crippen LogP) is 1.14. The lowest BCUT2D eigenvalue weighted by molar-refractivity contribution is -0.144. The molecule has 1 heterocycles. The van der Waals surface area contributed by atoms with Crippen LogP contribution >= 0.6 is 0 Å². The maximum Gasteiger partial charge on any atom is 0.326 e. The fourth-order valence-electron chi connectivity index (χ4n) is 2.50. The molecule has 104 valence electrons. The van der Waals surface area contributed by atoms with Crippen LogP contribution < -0.4 is 10.6 Å². The van der Waals surface area contributed by atoms with Crippen molar-refractivity contribution in [3.63, 3.8) is 0 Å². The van der Waals surface area contributed by atoms with E-state index in [-0.39, 0.29) is 11.3 Å². The summed E-state index contributed by atoms with van der Waals surface area (Å²) in [6.07, 6.45) is 3.57. The van der Waals surface area contributed by atoms with E-state index in [4.69, 9.17) is 5.11 Å². The Labute approximate surface area is 108 Å². The zero-order valence-corrected chi connectivity index (χ0v) is 11.3. The van der Waals surface area contributed by atoms with Gasteiger partial charge in [0, 0.05) is 0 Å². The van der Waals surface area contributed by atoms with Crippen LogP contribution in [0.25, 0.3) is 0 Å². The average molecular weight is 256 g/mol. The molecule has 1 amide bonds. The number of hydrogen-bond acceptors (Lipinski definition) is 3. The highest BCUT2D eigenvalue weighted by Gasteiger charge is 2.39. The molecule has 1 rings (SSSR count). The van der Waals surface area contributed by atoms with Crippen LogP contribution in [0.15, 0.2) is 0 Å². The lowest BCUT2D eigenvalue weighted by Crippen LogP contribution is -2.51. The van der Waals surface area contributed by atoms with Crippen LogP contribution in [0.1, 0.15) is 46.0 Å². The summed E-state index contributed by atoms with van der Waals surface area (Å²) in [5, 5.41) is 15.0. The van der Waals surface area contributed by atoms with E-state index in [2.05, 4.69) is 10.6 Å². The number of rotatable bonds is 6. The van der Waals surface area contributed by atoms with Crippen molar-refractivity contribution in [1.29, 1.82) is 0 Å². The van der Waals surface area contributed by atoms with Crippen LogP contribution in [-0.2, 0) is 9.59 Å². The number of carbonyl (C=O) groups is 2. The first-order chi connectivity index (χ1) is 8.55. The molecule has 0 spiro atoms. The lowest BCUT2D eigenvalue weighted by atomic mass is 9.75. The van der Waals surface area contributed by atoms with Crippen molar-refractivity contribution in [2.75, 3.05) is 13.1 Å². The summed E-state index contributed by atoms with van der Waals surface area (Å²) in [4.78, 5) is 23.4. The Balaban J connectivity index is 2.68. The average Bonchev–Trinajstić information content (AvgIpc) is 2.38. The van der Waals surface area contributed by atoms with Crippen LogP contribution in [0.5, 0.6) is 0 Å². The van der Waals surface area contributed by atoms with Gasteiger partial charge in [0.2, 0.25) is 5.91 Å². The van der Waals surface area contributed by atoms with E-state index in [9.17, 15) is 9.59 Å². The van der Waals surface area contributed by atoms with Gasteiger partial charge in [-0.2, -0.15) is 0 Å². The highest BCUT2D eigenvalue weighted by atomic mass is 16.4. The zero-order valence-electron chi connectivity index (χ0n) is 11.3. The van der Waals surface area contributed by atoms with E-state index in [1.165, 1.54) is 0 Å². The molecule has 0 aliphatic carbocycles. The minimum atomic E-state index is -0.939. The quantitative estimate of drug-likeness (QED) is 0.666. The molecule has 1 saturated heterocycles. The molecule has 1 fully saturated rings. The highest BCUT2D eigenvalue weighted by molar-refractivity contribution is 5.87. The summed E-state index contributed by atoms with van der Waals surface area (Å²) in [7, 11) is 0. The standard InChI is InChI=1S/C13H24N2O3/c1-3-5-10(11(16)17)15-12(18)13(4-2)6-8-14-9-7-13/h10,14H,3-9H2,1-2H3,(H,15,18)(H,16,17). The fourth-order valence-corrected chi connectivity index (χ4v) is 2.50. The number of hydrogen-bond donors (Lipinski definition) is 3. The fraction of sp³-hybridized carbons (Fsp3) is 0.846. The van der Waals surface area contributed by atoms with Crippen LogP contribution in [0.2, 0.25) is 0 Å². The second-order valence-corrected chi connectivity index (χ2v) is 5.04. The maximum atomic E-state index is 12.3. The number of nitrogens with one attached hydrogen (secondary N) is 2. The van der Waals surface area contributed by atoms with Gasteiger partial charge in [-0.15, -0.1) is 0 Å². The molecule has 3 N–H and O–H groups in total. The molecule has 5 heteroatoms. The van der Waals surface area contributed by atoms with E-state index in [1.807, 2.05) is 13.8 Å². The minimum absolute atomic E-state index is 0.0904. The number of carbonyl (C=O) groups excluding carboxylic acids is 1. The largest absolute Gasteiger partial charge is 0.480 e. The summed E-state index contributed by atoms with van der Waals surface area (Å²) >= 11 is 0. The molecule has 1 atom stereocenters. The number of carboxylic acids is 1. The molecule has 18 heavy (non-hydrogen) atoms. The topological polar surface area (TPSA) is 78.4 Å². The third-order valence-corrected chi connectivity index (χ3v) is 3.90. The monoisotopic (exact) mass is 256 g/mol. The van der Waals surface area contributed by atoms with E-state index in [0.29, 0.717) is 6.42 Å². The van der Waals surface area contributed by atoms with Gasteiger partial charge in [0.05, 0.1) is 5.41 Å². The van der Waals surface area contributed by atoms with Gasteiger partial charge >= 0.3 is 5.97 Å². The second-order valence-electron chi connectivity index (χ2n) is 5.04. The molecule has 0 radical (unpaired) electrons. The summed E-state index contributed by atoms with van der Waals surface area (Å²) < 4.78 is 0. The van der Waals surface area contributed by atoms with Crippen molar-refractivity contribution >= 4 is 11.9 Å². The molecule has 5 nitrogen and oxygen atoms in total. The molecule has 1 unspecified atom stereocenters. The van der Waals surface area contributed by atoms with Gasteiger partial charge in [-0.3, -0.25) is 4.79 Å². The van der Waals surface area contributed by atoms with Crippen molar-refractivity contribution in [3.05, 3.63) is 0 Å². The Morgan fingerprint density at radius 3 is 2.39 bits per heavy atom. The number of amides is 1. The summed E-state index contributed by atoms with van der Waals surface area (Å²) in [6, 6.07) is -0.749. The van der Waals surface area contributed by atoms with Crippen molar-refractivity contribution in [2.24, 2.45) is 5.41 Å². The Kier molecular flexibility index (Phi) is 5.59. The smallest absolute Gasteiger partial charge is 0.326 e. The zero-order chi connectivity index (χ0) is 13.6. The van der Waals surface area contributed by atoms with Crippen molar-refractivity contribution in [1.82, 2.24) is 10.6 Å². The molecule has 0 aromatic rings. The van der Waals surface area contributed by atoms with Crippen molar-refractivity contribution in [2.45, 2.75) is 52.0 Å². The Hall–Kier alpha value is -1.10. The van der Waals surface area contributed by atoms with Crippen molar-refractivity contribution < 1.29 is 14.7 Å².